The summed E-state index contributed by atoms with van der Waals surface area (Å²) in [7, 11) is 0. The van der Waals surface area contributed by atoms with Gasteiger partial charge in [0.2, 0.25) is 5.91 Å². The number of likely N-dealkylation sites (tertiary alicyclic amines) is 1. The minimum absolute atomic E-state index is 0.139. The van der Waals surface area contributed by atoms with Crippen LogP contribution in [0.1, 0.15) is 76.8 Å². The van der Waals surface area contributed by atoms with E-state index >= 15 is 0 Å². The number of carbonyl (C=O) groups excluding carboxylic acids is 2. The Hall–Kier alpha value is -1.65. The summed E-state index contributed by atoms with van der Waals surface area (Å²) in [5, 5.41) is 4.40. The fourth-order valence-electron chi connectivity index (χ4n) is 3.74. The lowest BCUT2D eigenvalue weighted by molar-refractivity contribution is -0.138. The van der Waals surface area contributed by atoms with Crippen LogP contribution >= 0.6 is 0 Å². The lowest BCUT2D eigenvalue weighted by Gasteiger charge is -2.35. The van der Waals surface area contributed by atoms with Crippen LogP contribution in [0, 0.1) is 18.8 Å². The van der Waals surface area contributed by atoms with Gasteiger partial charge in [-0.15, -0.1) is 0 Å². The van der Waals surface area contributed by atoms with Crippen molar-refractivity contribution in [3.05, 3.63) is 18.0 Å². The molecule has 1 amide bonds. The van der Waals surface area contributed by atoms with Crippen molar-refractivity contribution in [2.75, 3.05) is 13.1 Å². The SMILES string of the molecule is CCCC.Cc1cnn(C2CCN(C(=O)C3CCC(C=O)CC3)CC2)c1. The van der Waals surface area contributed by atoms with Crippen molar-refractivity contribution < 1.29 is 9.59 Å². The predicted molar refractivity (Wildman–Crippen MR) is 104 cm³/mol. The Labute approximate surface area is 158 Å². The molecule has 5 heteroatoms. The van der Waals surface area contributed by atoms with E-state index in [1.807, 2.05) is 15.8 Å². The van der Waals surface area contributed by atoms with Crippen LogP contribution in [0.3, 0.4) is 0 Å². The van der Waals surface area contributed by atoms with Gasteiger partial charge in [0.1, 0.15) is 6.29 Å². The summed E-state index contributed by atoms with van der Waals surface area (Å²) in [6.07, 6.45) is 13.1. The molecule has 2 aliphatic rings. The Morgan fingerprint density at radius 1 is 1.12 bits per heavy atom. The molecule has 0 unspecified atom stereocenters. The molecule has 2 heterocycles. The van der Waals surface area contributed by atoms with Gasteiger partial charge in [0, 0.05) is 31.1 Å². The number of rotatable bonds is 4. The molecule has 0 aromatic carbocycles. The van der Waals surface area contributed by atoms with E-state index in [4.69, 9.17) is 0 Å². The van der Waals surface area contributed by atoms with Gasteiger partial charge in [-0.3, -0.25) is 9.48 Å². The molecule has 1 saturated heterocycles. The van der Waals surface area contributed by atoms with E-state index in [0.717, 1.165) is 57.9 Å². The van der Waals surface area contributed by atoms with Crippen LogP contribution in [0.25, 0.3) is 0 Å². The second kappa shape index (κ2) is 10.5. The van der Waals surface area contributed by atoms with Gasteiger partial charge in [-0.2, -0.15) is 5.10 Å². The van der Waals surface area contributed by atoms with E-state index in [1.165, 1.54) is 18.4 Å². The number of hydrogen-bond donors (Lipinski definition) is 0. The second-order valence-corrected chi connectivity index (χ2v) is 7.80. The molecular weight excluding hydrogens is 326 g/mol. The van der Waals surface area contributed by atoms with Gasteiger partial charge in [-0.25, -0.2) is 0 Å². The molecule has 0 bridgehead atoms. The van der Waals surface area contributed by atoms with E-state index in [9.17, 15) is 9.59 Å². The molecule has 0 atom stereocenters. The average molecular weight is 362 g/mol. The third kappa shape index (κ3) is 5.68. The van der Waals surface area contributed by atoms with Crippen molar-refractivity contribution in [2.45, 2.75) is 78.2 Å². The van der Waals surface area contributed by atoms with E-state index in [2.05, 4.69) is 32.1 Å². The summed E-state index contributed by atoms with van der Waals surface area (Å²) in [6.45, 7) is 8.07. The van der Waals surface area contributed by atoms with Gasteiger partial charge < -0.3 is 9.69 Å². The molecule has 5 nitrogen and oxygen atoms in total. The summed E-state index contributed by atoms with van der Waals surface area (Å²) in [5.41, 5.74) is 1.19. The molecule has 1 aromatic heterocycles. The van der Waals surface area contributed by atoms with Crippen molar-refractivity contribution in [2.24, 2.45) is 11.8 Å². The van der Waals surface area contributed by atoms with Crippen molar-refractivity contribution in [1.82, 2.24) is 14.7 Å². The lowest BCUT2D eigenvalue weighted by Crippen LogP contribution is -2.43. The maximum absolute atomic E-state index is 12.6. The summed E-state index contributed by atoms with van der Waals surface area (Å²) in [5.74, 6) is 0.622. The molecule has 2 fully saturated rings. The highest BCUT2D eigenvalue weighted by atomic mass is 16.2. The van der Waals surface area contributed by atoms with Crippen molar-refractivity contribution in [1.29, 1.82) is 0 Å². The summed E-state index contributed by atoms with van der Waals surface area (Å²) >= 11 is 0. The lowest BCUT2D eigenvalue weighted by atomic mass is 9.82. The number of aromatic nitrogens is 2. The van der Waals surface area contributed by atoms with Gasteiger partial charge in [0.15, 0.2) is 0 Å². The smallest absolute Gasteiger partial charge is 0.225 e. The molecule has 146 valence electrons. The molecule has 0 radical (unpaired) electrons. The van der Waals surface area contributed by atoms with E-state index in [1.54, 1.807) is 0 Å². The first-order valence-corrected chi connectivity index (χ1v) is 10.3. The number of piperidine rings is 1. The van der Waals surface area contributed by atoms with E-state index < -0.39 is 0 Å². The number of carbonyl (C=O) groups is 2. The molecule has 1 saturated carbocycles. The second-order valence-electron chi connectivity index (χ2n) is 7.80. The number of amides is 1. The Morgan fingerprint density at radius 3 is 2.19 bits per heavy atom. The van der Waals surface area contributed by atoms with E-state index in [-0.39, 0.29) is 11.8 Å². The molecule has 1 aromatic rings. The highest BCUT2D eigenvalue weighted by molar-refractivity contribution is 5.79. The maximum atomic E-state index is 12.6. The minimum Gasteiger partial charge on any atom is -0.342 e. The number of aryl methyl sites for hydroxylation is 1. The fraction of sp³-hybridized carbons (Fsp3) is 0.762. The van der Waals surface area contributed by atoms with Crippen molar-refractivity contribution >= 4 is 12.2 Å². The Balaban J connectivity index is 0.000000552. The quantitative estimate of drug-likeness (QED) is 0.757. The van der Waals surface area contributed by atoms with Crippen LogP contribution in [0.5, 0.6) is 0 Å². The standard InChI is InChI=1S/C17H25N3O2.C4H10/c1-13-10-18-20(11-13)16-6-8-19(9-7-16)17(22)15-4-2-14(12-21)3-5-15;1-3-4-2/h10-12,14-16H,2-9H2,1H3;3-4H2,1-2H3. The first-order chi connectivity index (χ1) is 12.6. The molecule has 3 rings (SSSR count). The normalized spacial score (nSPS) is 23.9. The van der Waals surface area contributed by atoms with Crippen LogP contribution in [-0.2, 0) is 9.59 Å². The highest BCUT2D eigenvalue weighted by Crippen LogP contribution is 2.31. The number of unbranched alkanes of at least 4 members (excludes halogenated alkanes) is 1. The average Bonchev–Trinajstić information content (AvgIpc) is 3.14. The zero-order valence-electron chi connectivity index (χ0n) is 16.7. The van der Waals surface area contributed by atoms with Crippen LogP contribution in [0.15, 0.2) is 12.4 Å². The third-order valence-electron chi connectivity index (χ3n) is 5.69. The van der Waals surface area contributed by atoms with Gasteiger partial charge in [0.05, 0.1) is 12.2 Å². The van der Waals surface area contributed by atoms with E-state index in [0.29, 0.717) is 11.9 Å². The van der Waals surface area contributed by atoms with Crippen molar-refractivity contribution in [3.8, 4) is 0 Å². The minimum atomic E-state index is 0.139. The largest absolute Gasteiger partial charge is 0.342 e. The fourth-order valence-corrected chi connectivity index (χ4v) is 3.74. The van der Waals surface area contributed by atoms with Crippen LogP contribution < -0.4 is 0 Å². The Bertz CT molecular complexity index is 551. The Morgan fingerprint density at radius 2 is 1.73 bits per heavy atom. The van der Waals surface area contributed by atoms with Crippen molar-refractivity contribution in [3.63, 3.8) is 0 Å². The van der Waals surface area contributed by atoms with Gasteiger partial charge >= 0.3 is 0 Å². The number of nitrogens with zero attached hydrogens (tertiary/aromatic N) is 3. The zero-order valence-corrected chi connectivity index (χ0v) is 16.7. The molecular formula is C21H35N3O2. The van der Waals surface area contributed by atoms with Crippen LogP contribution in [0.4, 0.5) is 0 Å². The summed E-state index contributed by atoms with van der Waals surface area (Å²) in [4.78, 5) is 25.4. The molecule has 1 aliphatic heterocycles. The zero-order chi connectivity index (χ0) is 18.9. The third-order valence-corrected chi connectivity index (χ3v) is 5.69. The maximum Gasteiger partial charge on any atom is 0.225 e. The summed E-state index contributed by atoms with van der Waals surface area (Å²) < 4.78 is 2.05. The Kier molecular flexibility index (Phi) is 8.33. The first-order valence-electron chi connectivity index (χ1n) is 10.3. The number of aldehydes is 1. The molecule has 0 spiro atoms. The monoisotopic (exact) mass is 361 g/mol. The van der Waals surface area contributed by atoms with Crippen LogP contribution in [0.2, 0.25) is 0 Å². The number of hydrogen-bond acceptors (Lipinski definition) is 3. The molecule has 26 heavy (non-hydrogen) atoms. The van der Waals surface area contributed by atoms with Crippen LogP contribution in [-0.4, -0.2) is 40.0 Å². The predicted octanol–water partition coefficient (Wildman–Crippen LogP) is 4.17. The first kappa shape index (κ1) is 20.7. The van der Waals surface area contributed by atoms with Gasteiger partial charge in [-0.1, -0.05) is 26.7 Å². The van der Waals surface area contributed by atoms with Gasteiger partial charge in [-0.05, 0) is 51.0 Å². The molecule has 1 aliphatic carbocycles. The summed E-state index contributed by atoms with van der Waals surface area (Å²) in [6, 6.07) is 0.420. The molecule has 0 N–H and O–H groups in total. The topological polar surface area (TPSA) is 55.2 Å². The van der Waals surface area contributed by atoms with Gasteiger partial charge in [0.25, 0.3) is 0 Å². The highest BCUT2D eigenvalue weighted by Gasteiger charge is 2.31.